The van der Waals surface area contributed by atoms with E-state index in [0.29, 0.717) is 0 Å². The van der Waals surface area contributed by atoms with Gasteiger partial charge in [0.25, 0.3) is 0 Å². The summed E-state index contributed by atoms with van der Waals surface area (Å²) in [5.74, 6) is 6.53. The van der Waals surface area contributed by atoms with Gasteiger partial charge in [-0.1, -0.05) is 12.1 Å². The maximum Gasteiger partial charge on any atom is 0.120 e. The molecule has 0 spiro atoms. The van der Waals surface area contributed by atoms with E-state index in [1.165, 1.54) is 0 Å². The van der Waals surface area contributed by atoms with Crippen molar-refractivity contribution in [1.29, 1.82) is 0 Å². The Bertz CT molecular complexity index is 499. The molecule has 0 aliphatic rings. The van der Waals surface area contributed by atoms with Crippen molar-refractivity contribution in [3.63, 3.8) is 0 Å². The van der Waals surface area contributed by atoms with Gasteiger partial charge in [-0.15, -0.1) is 11.3 Å². The molecule has 4 nitrogen and oxygen atoms in total. The number of rotatable bonds is 6. The van der Waals surface area contributed by atoms with Crippen LogP contribution in [-0.2, 0) is 6.42 Å². The number of nitrogens with one attached hydrogen (secondary N) is 1. The first-order valence-electron chi connectivity index (χ1n) is 6.30. The van der Waals surface area contributed by atoms with Crippen LogP contribution in [-0.4, -0.2) is 11.1 Å². The number of hydrazine groups is 1. The average Bonchev–Trinajstić information content (AvgIpc) is 2.88. The third kappa shape index (κ3) is 4.02. The normalized spacial score (nSPS) is 12.6. The van der Waals surface area contributed by atoms with E-state index in [-0.39, 0.29) is 12.1 Å². The smallest absolute Gasteiger partial charge is 0.120 e. The first kappa shape index (κ1) is 14.0. The summed E-state index contributed by atoms with van der Waals surface area (Å²) in [7, 11) is 0. The van der Waals surface area contributed by atoms with E-state index >= 15 is 0 Å². The molecule has 0 aliphatic carbocycles. The van der Waals surface area contributed by atoms with E-state index in [4.69, 9.17) is 10.6 Å². The van der Waals surface area contributed by atoms with Gasteiger partial charge in [0.2, 0.25) is 0 Å². The lowest BCUT2D eigenvalue weighted by atomic mass is 10.0. The van der Waals surface area contributed by atoms with Gasteiger partial charge in [0, 0.05) is 18.0 Å². The fourth-order valence-corrected chi connectivity index (χ4v) is 2.54. The molecule has 0 saturated carbocycles. The monoisotopic (exact) mass is 277 g/mol. The molecular weight excluding hydrogens is 258 g/mol. The highest BCUT2D eigenvalue weighted by Crippen LogP contribution is 2.23. The lowest BCUT2D eigenvalue weighted by molar-refractivity contribution is 0.242. The highest BCUT2D eigenvalue weighted by Gasteiger charge is 2.13. The molecule has 3 N–H and O–H groups in total. The highest BCUT2D eigenvalue weighted by molar-refractivity contribution is 7.09. The lowest BCUT2D eigenvalue weighted by Crippen LogP contribution is -2.29. The zero-order valence-electron chi connectivity index (χ0n) is 11.2. The Hall–Kier alpha value is -1.43. The minimum Gasteiger partial charge on any atom is -0.491 e. The van der Waals surface area contributed by atoms with Gasteiger partial charge in [0.15, 0.2) is 0 Å². The van der Waals surface area contributed by atoms with Crippen LogP contribution in [0.15, 0.2) is 35.8 Å². The van der Waals surface area contributed by atoms with Crippen LogP contribution in [0.5, 0.6) is 5.75 Å². The summed E-state index contributed by atoms with van der Waals surface area (Å²) in [5, 5.41) is 3.04. The van der Waals surface area contributed by atoms with Crippen LogP contribution in [0.1, 0.15) is 30.5 Å². The third-order valence-electron chi connectivity index (χ3n) is 2.70. The molecule has 5 heteroatoms. The largest absolute Gasteiger partial charge is 0.491 e. The number of benzene rings is 1. The van der Waals surface area contributed by atoms with Gasteiger partial charge < -0.3 is 4.74 Å². The fourth-order valence-electron chi connectivity index (χ4n) is 1.88. The second kappa shape index (κ2) is 6.65. The molecule has 1 atom stereocenters. The predicted octanol–water partition coefficient (Wildman–Crippen LogP) is 2.68. The van der Waals surface area contributed by atoms with E-state index in [0.717, 1.165) is 22.7 Å². The number of nitrogens with two attached hydrogens (primary N) is 1. The molecule has 1 heterocycles. The van der Waals surface area contributed by atoms with Crippen LogP contribution in [0.4, 0.5) is 0 Å². The van der Waals surface area contributed by atoms with Crippen molar-refractivity contribution in [2.75, 3.05) is 0 Å². The number of nitrogens with zero attached hydrogens (tertiary/aromatic N) is 1. The van der Waals surface area contributed by atoms with Crippen LogP contribution in [0.3, 0.4) is 0 Å². The van der Waals surface area contributed by atoms with Crippen molar-refractivity contribution in [3.8, 4) is 5.75 Å². The first-order valence-corrected chi connectivity index (χ1v) is 7.18. The molecule has 0 aliphatic heterocycles. The molecule has 102 valence electrons. The highest BCUT2D eigenvalue weighted by atomic mass is 32.1. The SMILES string of the molecule is CC(C)Oc1cccc(C(Cc2nccs2)NN)c1. The van der Waals surface area contributed by atoms with Gasteiger partial charge in [-0.25, -0.2) is 4.98 Å². The van der Waals surface area contributed by atoms with Gasteiger partial charge >= 0.3 is 0 Å². The number of ether oxygens (including phenoxy) is 1. The van der Waals surface area contributed by atoms with E-state index in [2.05, 4.69) is 10.4 Å². The Labute approximate surface area is 117 Å². The Morgan fingerprint density at radius 2 is 2.26 bits per heavy atom. The topological polar surface area (TPSA) is 60.2 Å². The van der Waals surface area contributed by atoms with Crippen LogP contribution in [0, 0.1) is 0 Å². The molecular formula is C14H19N3OS. The number of hydrogen-bond acceptors (Lipinski definition) is 5. The van der Waals surface area contributed by atoms with Crippen LogP contribution >= 0.6 is 11.3 Å². The molecule has 1 aromatic carbocycles. The van der Waals surface area contributed by atoms with Gasteiger partial charge in [0.1, 0.15) is 5.75 Å². The van der Waals surface area contributed by atoms with Gasteiger partial charge in [-0.2, -0.15) is 0 Å². The Kier molecular flexibility index (Phi) is 4.90. The van der Waals surface area contributed by atoms with Crippen molar-refractivity contribution < 1.29 is 4.74 Å². The van der Waals surface area contributed by atoms with Crippen molar-refractivity contribution in [3.05, 3.63) is 46.4 Å². The zero-order valence-corrected chi connectivity index (χ0v) is 12.0. The van der Waals surface area contributed by atoms with Crippen molar-refractivity contribution >= 4 is 11.3 Å². The van der Waals surface area contributed by atoms with Crippen LogP contribution in [0.2, 0.25) is 0 Å². The van der Waals surface area contributed by atoms with Gasteiger partial charge in [0.05, 0.1) is 17.2 Å². The summed E-state index contributed by atoms with van der Waals surface area (Å²) in [6, 6.07) is 8.06. The summed E-state index contributed by atoms with van der Waals surface area (Å²) < 4.78 is 5.70. The maximum absolute atomic E-state index is 5.70. The predicted molar refractivity (Wildman–Crippen MR) is 78.1 cm³/mol. The molecule has 19 heavy (non-hydrogen) atoms. The van der Waals surface area contributed by atoms with E-state index in [9.17, 15) is 0 Å². The summed E-state index contributed by atoms with van der Waals surface area (Å²) in [6.45, 7) is 4.03. The zero-order chi connectivity index (χ0) is 13.7. The second-order valence-electron chi connectivity index (χ2n) is 4.59. The third-order valence-corrected chi connectivity index (χ3v) is 3.50. The quantitative estimate of drug-likeness (QED) is 0.629. The van der Waals surface area contributed by atoms with Crippen molar-refractivity contribution in [1.82, 2.24) is 10.4 Å². The standard InChI is InChI=1S/C14H19N3OS/c1-10(2)18-12-5-3-4-11(8-12)13(17-15)9-14-16-6-7-19-14/h3-8,10,13,17H,9,15H2,1-2H3. The van der Waals surface area contributed by atoms with Crippen molar-refractivity contribution in [2.24, 2.45) is 5.84 Å². The van der Waals surface area contributed by atoms with Crippen LogP contribution in [0.25, 0.3) is 0 Å². The molecule has 1 aromatic heterocycles. The summed E-state index contributed by atoms with van der Waals surface area (Å²) >= 11 is 1.64. The van der Waals surface area contributed by atoms with Gasteiger partial charge in [-0.05, 0) is 31.5 Å². The molecule has 2 rings (SSSR count). The average molecular weight is 277 g/mol. The Balaban J connectivity index is 2.13. The van der Waals surface area contributed by atoms with Crippen LogP contribution < -0.4 is 16.0 Å². The summed E-state index contributed by atoms with van der Waals surface area (Å²) in [5.41, 5.74) is 3.96. The lowest BCUT2D eigenvalue weighted by Gasteiger charge is -2.17. The fraction of sp³-hybridized carbons (Fsp3) is 0.357. The van der Waals surface area contributed by atoms with E-state index in [1.54, 1.807) is 11.3 Å². The number of thiazole rings is 1. The molecule has 0 radical (unpaired) electrons. The molecule has 0 amide bonds. The van der Waals surface area contributed by atoms with E-state index in [1.807, 2.05) is 49.7 Å². The summed E-state index contributed by atoms with van der Waals surface area (Å²) in [6.07, 6.45) is 2.75. The minimum absolute atomic E-state index is 0.0434. The minimum atomic E-state index is 0.0434. The second-order valence-corrected chi connectivity index (χ2v) is 5.57. The maximum atomic E-state index is 5.70. The molecule has 0 fully saturated rings. The summed E-state index contributed by atoms with van der Waals surface area (Å²) in [4.78, 5) is 4.29. The molecule has 0 bridgehead atoms. The van der Waals surface area contributed by atoms with E-state index < -0.39 is 0 Å². The molecule has 0 saturated heterocycles. The number of hydrogen-bond donors (Lipinski definition) is 2. The Morgan fingerprint density at radius 1 is 1.42 bits per heavy atom. The molecule has 1 unspecified atom stereocenters. The first-order chi connectivity index (χ1) is 9.19. The van der Waals surface area contributed by atoms with Gasteiger partial charge in [-0.3, -0.25) is 11.3 Å². The molecule has 2 aromatic rings. The Morgan fingerprint density at radius 3 is 2.89 bits per heavy atom. The number of aromatic nitrogens is 1. The van der Waals surface area contributed by atoms with Crippen molar-refractivity contribution in [2.45, 2.75) is 32.4 Å².